The molecule has 0 aliphatic rings. The lowest BCUT2D eigenvalue weighted by Gasteiger charge is -2.28. The molecule has 0 saturated heterocycles. The SMILES string of the molecule is C[C@@H](CO)N(CC(=O)OC(C)(C)C)Cc1ccccc1.C[C@@H](CO)NCc1ccccc1. The van der Waals surface area contributed by atoms with Crippen molar-refractivity contribution < 1.29 is 19.7 Å². The van der Waals surface area contributed by atoms with Crippen molar-refractivity contribution >= 4 is 5.97 Å². The summed E-state index contributed by atoms with van der Waals surface area (Å²) in [4.78, 5) is 13.9. The summed E-state index contributed by atoms with van der Waals surface area (Å²) in [5, 5.41) is 21.3. The largest absolute Gasteiger partial charge is 0.459 e. The van der Waals surface area contributed by atoms with Crippen LogP contribution in [0.2, 0.25) is 0 Å². The van der Waals surface area contributed by atoms with Gasteiger partial charge < -0.3 is 20.3 Å². The number of rotatable bonds is 10. The fourth-order valence-corrected chi connectivity index (χ4v) is 2.79. The Balaban J connectivity index is 0.000000363. The molecule has 6 heteroatoms. The molecular weight excluding hydrogens is 404 g/mol. The summed E-state index contributed by atoms with van der Waals surface area (Å²) >= 11 is 0. The number of aliphatic hydroxyl groups is 2. The molecule has 2 aromatic carbocycles. The maximum Gasteiger partial charge on any atom is 0.320 e. The van der Waals surface area contributed by atoms with Crippen molar-refractivity contribution in [3.8, 4) is 0 Å². The van der Waals surface area contributed by atoms with E-state index in [0.29, 0.717) is 6.54 Å². The van der Waals surface area contributed by atoms with Gasteiger partial charge in [-0.2, -0.15) is 0 Å². The van der Waals surface area contributed by atoms with Crippen LogP contribution in [-0.4, -0.2) is 58.5 Å². The number of hydrogen-bond donors (Lipinski definition) is 3. The molecule has 0 unspecified atom stereocenters. The minimum atomic E-state index is -0.488. The van der Waals surface area contributed by atoms with Gasteiger partial charge in [0, 0.05) is 25.2 Å². The van der Waals surface area contributed by atoms with E-state index in [9.17, 15) is 9.90 Å². The molecular formula is C26H40N2O4. The van der Waals surface area contributed by atoms with Crippen LogP contribution in [0.1, 0.15) is 45.7 Å². The highest BCUT2D eigenvalue weighted by molar-refractivity contribution is 5.72. The number of carbonyl (C=O) groups excluding carboxylic acids is 1. The van der Waals surface area contributed by atoms with Crippen LogP contribution < -0.4 is 5.32 Å². The summed E-state index contributed by atoms with van der Waals surface area (Å²) in [6, 6.07) is 20.1. The zero-order chi connectivity index (χ0) is 24.0. The molecule has 0 spiro atoms. The van der Waals surface area contributed by atoms with Crippen LogP contribution in [0, 0.1) is 0 Å². The van der Waals surface area contributed by atoms with Gasteiger partial charge in [-0.05, 0) is 45.7 Å². The van der Waals surface area contributed by atoms with Crippen LogP contribution in [0.15, 0.2) is 60.7 Å². The van der Waals surface area contributed by atoms with Gasteiger partial charge >= 0.3 is 5.97 Å². The second-order valence-electron chi connectivity index (χ2n) is 8.96. The Morgan fingerprint density at radius 2 is 1.47 bits per heavy atom. The van der Waals surface area contributed by atoms with E-state index in [1.165, 1.54) is 5.56 Å². The van der Waals surface area contributed by atoms with Crippen molar-refractivity contribution in [3.63, 3.8) is 0 Å². The average molecular weight is 445 g/mol. The Labute approximate surface area is 193 Å². The molecule has 0 saturated carbocycles. The zero-order valence-electron chi connectivity index (χ0n) is 20.1. The lowest BCUT2D eigenvalue weighted by molar-refractivity contribution is -0.157. The molecule has 0 aliphatic heterocycles. The van der Waals surface area contributed by atoms with E-state index in [4.69, 9.17) is 9.84 Å². The minimum Gasteiger partial charge on any atom is -0.459 e. The lowest BCUT2D eigenvalue weighted by Crippen LogP contribution is -2.41. The number of aliphatic hydroxyl groups excluding tert-OH is 2. The van der Waals surface area contributed by atoms with E-state index in [-0.39, 0.29) is 37.8 Å². The second-order valence-corrected chi connectivity index (χ2v) is 8.96. The average Bonchev–Trinajstić information content (AvgIpc) is 2.77. The van der Waals surface area contributed by atoms with Gasteiger partial charge in [0.1, 0.15) is 5.60 Å². The third-order valence-corrected chi connectivity index (χ3v) is 4.64. The Hall–Kier alpha value is -2.25. The quantitative estimate of drug-likeness (QED) is 0.488. The van der Waals surface area contributed by atoms with E-state index in [1.54, 1.807) is 0 Å². The van der Waals surface area contributed by atoms with Gasteiger partial charge in [0.15, 0.2) is 0 Å². The zero-order valence-corrected chi connectivity index (χ0v) is 20.1. The lowest BCUT2D eigenvalue weighted by atomic mass is 10.1. The van der Waals surface area contributed by atoms with Gasteiger partial charge in [0.25, 0.3) is 0 Å². The van der Waals surface area contributed by atoms with Gasteiger partial charge in [-0.3, -0.25) is 9.69 Å². The molecule has 3 N–H and O–H groups in total. The Kier molecular flexibility index (Phi) is 12.8. The summed E-state index contributed by atoms with van der Waals surface area (Å²) < 4.78 is 5.34. The van der Waals surface area contributed by atoms with E-state index in [1.807, 2.05) is 88.0 Å². The Morgan fingerprint density at radius 1 is 0.938 bits per heavy atom. The number of carbonyl (C=O) groups is 1. The highest BCUT2D eigenvalue weighted by Crippen LogP contribution is 2.11. The minimum absolute atomic E-state index is 0.00955. The molecule has 32 heavy (non-hydrogen) atoms. The third-order valence-electron chi connectivity index (χ3n) is 4.64. The summed E-state index contributed by atoms with van der Waals surface area (Å²) in [6.45, 7) is 11.2. The predicted molar refractivity (Wildman–Crippen MR) is 129 cm³/mol. The smallest absolute Gasteiger partial charge is 0.320 e. The highest BCUT2D eigenvalue weighted by atomic mass is 16.6. The van der Waals surface area contributed by atoms with Crippen molar-refractivity contribution in [2.75, 3.05) is 19.8 Å². The third kappa shape index (κ3) is 12.6. The van der Waals surface area contributed by atoms with Crippen molar-refractivity contribution in [3.05, 3.63) is 71.8 Å². The van der Waals surface area contributed by atoms with Crippen LogP contribution in [0.3, 0.4) is 0 Å². The summed E-state index contributed by atoms with van der Waals surface area (Å²) in [5.41, 5.74) is 1.87. The first-order chi connectivity index (χ1) is 15.1. The van der Waals surface area contributed by atoms with E-state index in [2.05, 4.69) is 17.4 Å². The molecule has 0 aliphatic carbocycles. The van der Waals surface area contributed by atoms with E-state index < -0.39 is 5.60 Å². The molecule has 0 aromatic heterocycles. The fraction of sp³-hybridized carbons (Fsp3) is 0.500. The summed E-state index contributed by atoms with van der Waals surface area (Å²) in [7, 11) is 0. The van der Waals surface area contributed by atoms with Crippen molar-refractivity contribution in [2.24, 2.45) is 0 Å². The normalized spacial score (nSPS) is 13.1. The van der Waals surface area contributed by atoms with Crippen LogP contribution >= 0.6 is 0 Å². The molecule has 178 valence electrons. The van der Waals surface area contributed by atoms with Crippen molar-refractivity contribution in [1.82, 2.24) is 10.2 Å². The van der Waals surface area contributed by atoms with Gasteiger partial charge in [0.2, 0.25) is 0 Å². The fourth-order valence-electron chi connectivity index (χ4n) is 2.79. The van der Waals surface area contributed by atoms with Crippen molar-refractivity contribution in [2.45, 2.75) is 65.4 Å². The molecule has 0 bridgehead atoms. The molecule has 6 nitrogen and oxygen atoms in total. The standard InChI is InChI=1S/C16H25NO3.C10H15NO/c1-13(12-18)17(10-14-8-6-5-7-9-14)11-15(19)20-16(2,3)4;1-9(8-12)11-7-10-5-3-2-4-6-10/h5-9,13,18H,10-12H2,1-4H3;2-6,9,11-12H,7-8H2,1H3/t13-;9-/m00/s1. The number of nitrogens with zero attached hydrogens (tertiary/aromatic N) is 1. The molecule has 0 fully saturated rings. The van der Waals surface area contributed by atoms with E-state index in [0.717, 1.165) is 12.1 Å². The van der Waals surface area contributed by atoms with Gasteiger partial charge in [-0.15, -0.1) is 0 Å². The number of nitrogens with one attached hydrogen (secondary N) is 1. The highest BCUT2D eigenvalue weighted by Gasteiger charge is 2.22. The van der Waals surface area contributed by atoms with Crippen molar-refractivity contribution in [1.29, 1.82) is 0 Å². The van der Waals surface area contributed by atoms with Crippen LogP contribution in [-0.2, 0) is 22.6 Å². The number of hydrogen-bond acceptors (Lipinski definition) is 6. The number of benzene rings is 2. The predicted octanol–water partition coefficient (Wildman–Crippen LogP) is 3.37. The first kappa shape index (κ1) is 27.8. The topological polar surface area (TPSA) is 82.0 Å². The molecule has 2 rings (SSSR count). The van der Waals surface area contributed by atoms with Crippen LogP contribution in [0.25, 0.3) is 0 Å². The van der Waals surface area contributed by atoms with Gasteiger partial charge in [-0.1, -0.05) is 60.7 Å². The molecule has 0 radical (unpaired) electrons. The molecule has 0 amide bonds. The maximum absolute atomic E-state index is 11.9. The molecule has 0 heterocycles. The maximum atomic E-state index is 11.9. The summed E-state index contributed by atoms with van der Waals surface area (Å²) in [6.07, 6.45) is 0. The first-order valence-electron chi connectivity index (χ1n) is 11.1. The number of esters is 1. The van der Waals surface area contributed by atoms with Crippen LogP contribution in [0.4, 0.5) is 0 Å². The Bertz CT molecular complexity index is 747. The second kappa shape index (κ2) is 14.7. The van der Waals surface area contributed by atoms with Gasteiger partial charge in [-0.25, -0.2) is 0 Å². The molecule has 2 aromatic rings. The van der Waals surface area contributed by atoms with Crippen LogP contribution in [0.5, 0.6) is 0 Å². The summed E-state index contributed by atoms with van der Waals surface area (Å²) in [5.74, 6) is -0.270. The van der Waals surface area contributed by atoms with E-state index >= 15 is 0 Å². The Morgan fingerprint density at radius 3 is 1.94 bits per heavy atom. The monoisotopic (exact) mass is 444 g/mol. The molecule has 2 atom stereocenters. The number of ether oxygens (including phenoxy) is 1. The van der Waals surface area contributed by atoms with Gasteiger partial charge in [0.05, 0.1) is 19.8 Å². The first-order valence-corrected chi connectivity index (χ1v) is 11.1.